The highest BCUT2D eigenvalue weighted by Gasteiger charge is 2.24. The molecule has 2 aromatic heterocycles. The minimum absolute atomic E-state index is 0.0230. The van der Waals surface area contributed by atoms with E-state index < -0.39 is 40.8 Å². The van der Waals surface area contributed by atoms with Gasteiger partial charge in [0.05, 0.1) is 16.9 Å². The molecular weight excluding hydrogens is 402 g/mol. The molecule has 0 fully saturated rings. The average Bonchev–Trinajstić information content (AvgIpc) is 3.12. The summed E-state index contributed by atoms with van der Waals surface area (Å²) in [5.74, 6) is -4.41. The summed E-state index contributed by atoms with van der Waals surface area (Å²) in [6.07, 6.45) is 1.33. The van der Waals surface area contributed by atoms with E-state index in [1.165, 1.54) is 24.2 Å². The summed E-state index contributed by atoms with van der Waals surface area (Å²) in [4.78, 5) is 31.4. The fourth-order valence-electron chi connectivity index (χ4n) is 3.47. The van der Waals surface area contributed by atoms with Gasteiger partial charge in [-0.25, -0.2) is 17.6 Å². The van der Waals surface area contributed by atoms with Crippen LogP contribution in [0.25, 0.3) is 21.7 Å². The zero-order valence-corrected chi connectivity index (χ0v) is 15.8. The monoisotopic (exact) mass is 417 g/mol. The lowest BCUT2D eigenvalue weighted by molar-refractivity contribution is 0.0738. The van der Waals surface area contributed by atoms with Crippen LogP contribution < -0.4 is 5.56 Å². The number of nitrogens with zero attached hydrogens (tertiary/aromatic N) is 1. The standard InChI is InChI=1S/C21H15F4N3O2/c1-9(14-8-26-20(29)12-6-17(25)16(24)5-11(12)14)28(2)21(30)19-7-13-15(23)3-10(22)4-18(13)27-19/h3-9,27H,1-2H3,(H,26,29)/t9-/m1/s1. The number of fused-ring (bicyclic) bond motifs is 2. The van der Waals surface area contributed by atoms with Crippen LogP contribution in [0.3, 0.4) is 0 Å². The van der Waals surface area contributed by atoms with Gasteiger partial charge in [-0.15, -0.1) is 0 Å². The molecule has 0 aliphatic heterocycles. The Kier molecular flexibility index (Phi) is 4.60. The largest absolute Gasteiger partial charge is 0.350 e. The van der Waals surface area contributed by atoms with Crippen LogP contribution in [0.4, 0.5) is 17.6 Å². The molecule has 0 saturated heterocycles. The molecule has 9 heteroatoms. The molecular formula is C21H15F4N3O2. The van der Waals surface area contributed by atoms with Crippen LogP contribution in [-0.2, 0) is 0 Å². The quantitative estimate of drug-likeness (QED) is 0.485. The van der Waals surface area contributed by atoms with Gasteiger partial charge in [-0.1, -0.05) is 0 Å². The first-order valence-corrected chi connectivity index (χ1v) is 8.92. The Morgan fingerprint density at radius 3 is 2.30 bits per heavy atom. The molecule has 4 aromatic rings. The number of rotatable bonds is 3. The number of H-pyrrole nitrogens is 2. The van der Waals surface area contributed by atoms with Crippen molar-refractivity contribution in [1.82, 2.24) is 14.9 Å². The maximum absolute atomic E-state index is 13.9. The van der Waals surface area contributed by atoms with Crippen LogP contribution in [0.5, 0.6) is 0 Å². The molecule has 1 amide bonds. The zero-order chi connectivity index (χ0) is 21.7. The van der Waals surface area contributed by atoms with Gasteiger partial charge in [-0.3, -0.25) is 9.59 Å². The van der Waals surface area contributed by atoms with E-state index in [2.05, 4.69) is 9.97 Å². The van der Waals surface area contributed by atoms with Gasteiger partial charge >= 0.3 is 0 Å². The molecule has 2 N–H and O–H groups in total. The van der Waals surface area contributed by atoms with E-state index >= 15 is 0 Å². The van der Waals surface area contributed by atoms with E-state index in [0.29, 0.717) is 5.56 Å². The van der Waals surface area contributed by atoms with Crippen LogP contribution in [0.1, 0.15) is 29.0 Å². The van der Waals surface area contributed by atoms with Crippen molar-refractivity contribution in [1.29, 1.82) is 0 Å². The zero-order valence-electron chi connectivity index (χ0n) is 15.8. The number of hydrogen-bond donors (Lipinski definition) is 2. The molecule has 0 radical (unpaired) electrons. The highest BCUT2D eigenvalue weighted by Crippen LogP contribution is 2.28. The topological polar surface area (TPSA) is 69.0 Å². The number of pyridine rings is 1. The van der Waals surface area contributed by atoms with Crippen LogP contribution in [0, 0.1) is 23.3 Å². The fraction of sp³-hybridized carbons (Fsp3) is 0.143. The van der Waals surface area contributed by atoms with Crippen molar-refractivity contribution in [3.05, 3.63) is 81.4 Å². The number of hydrogen-bond acceptors (Lipinski definition) is 2. The molecule has 4 rings (SSSR count). The van der Waals surface area contributed by atoms with E-state index in [9.17, 15) is 27.2 Å². The average molecular weight is 417 g/mol. The van der Waals surface area contributed by atoms with Crippen molar-refractivity contribution in [2.75, 3.05) is 7.05 Å². The fourth-order valence-corrected chi connectivity index (χ4v) is 3.47. The maximum Gasteiger partial charge on any atom is 0.270 e. The Balaban J connectivity index is 1.75. The lowest BCUT2D eigenvalue weighted by Gasteiger charge is -2.25. The highest BCUT2D eigenvalue weighted by molar-refractivity contribution is 5.98. The van der Waals surface area contributed by atoms with E-state index in [0.717, 1.165) is 24.3 Å². The molecule has 154 valence electrons. The summed E-state index contributed by atoms with van der Waals surface area (Å²) in [5, 5.41) is 0.171. The van der Waals surface area contributed by atoms with Crippen LogP contribution >= 0.6 is 0 Å². The van der Waals surface area contributed by atoms with Crippen LogP contribution in [0.15, 0.2) is 41.3 Å². The van der Waals surface area contributed by atoms with E-state index in [4.69, 9.17) is 0 Å². The predicted octanol–water partition coefficient (Wildman–Crippen LogP) is 4.40. The Labute approximate surface area is 166 Å². The van der Waals surface area contributed by atoms with Gasteiger partial charge in [0.15, 0.2) is 11.6 Å². The van der Waals surface area contributed by atoms with E-state index in [-0.39, 0.29) is 27.4 Å². The number of amides is 1. The third-order valence-corrected chi connectivity index (χ3v) is 5.21. The summed E-state index contributed by atoms with van der Waals surface area (Å²) in [6, 6.07) is 4.11. The summed E-state index contributed by atoms with van der Waals surface area (Å²) in [5.41, 5.74) is -0.0617. The number of carbonyl (C=O) groups excluding carboxylic acids is 1. The van der Waals surface area contributed by atoms with Crippen molar-refractivity contribution >= 4 is 27.6 Å². The van der Waals surface area contributed by atoms with Gasteiger partial charge in [0.2, 0.25) is 0 Å². The van der Waals surface area contributed by atoms with Gasteiger partial charge in [0, 0.05) is 24.7 Å². The van der Waals surface area contributed by atoms with Gasteiger partial charge in [0.1, 0.15) is 17.3 Å². The maximum atomic E-state index is 13.9. The molecule has 2 aromatic carbocycles. The number of aromatic nitrogens is 2. The molecule has 0 unspecified atom stereocenters. The summed E-state index contributed by atoms with van der Waals surface area (Å²) >= 11 is 0. The number of nitrogens with one attached hydrogen (secondary N) is 2. The molecule has 2 heterocycles. The van der Waals surface area contributed by atoms with Crippen LogP contribution in [-0.4, -0.2) is 27.8 Å². The lowest BCUT2D eigenvalue weighted by atomic mass is 10.0. The molecule has 0 spiro atoms. The van der Waals surface area contributed by atoms with Gasteiger partial charge in [-0.2, -0.15) is 0 Å². The molecule has 0 aliphatic carbocycles. The highest BCUT2D eigenvalue weighted by atomic mass is 19.2. The van der Waals surface area contributed by atoms with Crippen molar-refractivity contribution in [3.8, 4) is 0 Å². The lowest BCUT2D eigenvalue weighted by Crippen LogP contribution is -2.30. The van der Waals surface area contributed by atoms with Crippen molar-refractivity contribution in [2.45, 2.75) is 13.0 Å². The molecule has 1 atom stereocenters. The first-order chi connectivity index (χ1) is 14.2. The third-order valence-electron chi connectivity index (χ3n) is 5.21. The van der Waals surface area contributed by atoms with E-state index in [1.54, 1.807) is 6.92 Å². The number of aromatic amines is 2. The summed E-state index contributed by atoms with van der Waals surface area (Å²) in [6.45, 7) is 1.63. The van der Waals surface area contributed by atoms with Gasteiger partial charge in [0.25, 0.3) is 11.5 Å². The Morgan fingerprint density at radius 1 is 0.933 bits per heavy atom. The van der Waals surface area contributed by atoms with Crippen molar-refractivity contribution in [3.63, 3.8) is 0 Å². The van der Waals surface area contributed by atoms with Gasteiger partial charge in [-0.05, 0) is 42.1 Å². The Bertz CT molecular complexity index is 1380. The molecule has 0 bridgehead atoms. The second-order valence-electron chi connectivity index (χ2n) is 7.01. The van der Waals surface area contributed by atoms with Crippen LogP contribution in [0.2, 0.25) is 0 Å². The second-order valence-corrected chi connectivity index (χ2v) is 7.01. The molecule has 5 nitrogen and oxygen atoms in total. The Morgan fingerprint density at radius 2 is 1.60 bits per heavy atom. The molecule has 0 aliphatic rings. The second kappa shape index (κ2) is 7.01. The Hall–Kier alpha value is -3.62. The summed E-state index contributed by atoms with van der Waals surface area (Å²) < 4.78 is 54.7. The number of benzene rings is 2. The minimum atomic E-state index is -1.16. The molecule has 30 heavy (non-hydrogen) atoms. The first kappa shape index (κ1) is 19.7. The first-order valence-electron chi connectivity index (χ1n) is 8.92. The SMILES string of the molecule is C[C@H](c1c[nH]c(=O)c2cc(F)c(F)cc12)N(C)C(=O)c1cc2c(F)cc(F)cc2[nH]1. The minimum Gasteiger partial charge on any atom is -0.350 e. The predicted molar refractivity (Wildman–Crippen MR) is 103 cm³/mol. The van der Waals surface area contributed by atoms with Crippen molar-refractivity contribution < 1.29 is 22.4 Å². The molecule has 0 saturated carbocycles. The van der Waals surface area contributed by atoms with Gasteiger partial charge < -0.3 is 14.9 Å². The summed E-state index contributed by atoms with van der Waals surface area (Å²) in [7, 11) is 1.46. The smallest absolute Gasteiger partial charge is 0.270 e. The van der Waals surface area contributed by atoms with E-state index in [1.807, 2.05) is 0 Å². The third kappa shape index (κ3) is 3.12. The number of carbonyl (C=O) groups is 1. The number of halogens is 4. The van der Waals surface area contributed by atoms with Crippen molar-refractivity contribution in [2.24, 2.45) is 0 Å². The normalized spacial score (nSPS) is 12.5.